The summed E-state index contributed by atoms with van der Waals surface area (Å²) < 4.78 is 2.14. The van der Waals surface area contributed by atoms with Gasteiger partial charge in [0.15, 0.2) is 5.16 Å². The molecule has 2 aromatic rings. The van der Waals surface area contributed by atoms with Crippen molar-refractivity contribution in [3.05, 3.63) is 24.3 Å². The zero-order valence-electron chi connectivity index (χ0n) is 11.4. The Balaban J connectivity index is 2.18. The highest BCUT2D eigenvalue weighted by Gasteiger charge is 2.11. The number of fused-ring (bicyclic) bond motifs is 1. The molecule has 2 rings (SSSR count). The van der Waals surface area contributed by atoms with Crippen LogP contribution in [-0.4, -0.2) is 38.4 Å². The third kappa shape index (κ3) is 3.93. The number of imidazole rings is 1. The summed E-state index contributed by atoms with van der Waals surface area (Å²) in [4.78, 5) is 15.3. The van der Waals surface area contributed by atoms with E-state index in [0.29, 0.717) is 0 Å². The number of aromatic nitrogens is 2. The number of carboxylic acid groups (broad SMARTS) is 1. The first-order valence-corrected chi connectivity index (χ1v) is 8.89. The van der Waals surface area contributed by atoms with Crippen LogP contribution in [0.3, 0.4) is 0 Å². The van der Waals surface area contributed by atoms with Crippen molar-refractivity contribution in [2.45, 2.75) is 24.5 Å². The normalized spacial score (nSPS) is 11.1. The molecule has 1 aromatic carbocycles. The Bertz CT molecular complexity index is 584. The zero-order valence-corrected chi connectivity index (χ0v) is 13.0. The molecule has 6 heteroatoms. The van der Waals surface area contributed by atoms with Crippen molar-refractivity contribution >= 4 is 40.5 Å². The van der Waals surface area contributed by atoms with Crippen LogP contribution in [0.1, 0.15) is 12.8 Å². The molecule has 108 valence electrons. The van der Waals surface area contributed by atoms with E-state index < -0.39 is 5.97 Å². The van der Waals surface area contributed by atoms with Crippen LogP contribution in [0.4, 0.5) is 0 Å². The van der Waals surface area contributed by atoms with E-state index in [0.717, 1.165) is 41.3 Å². The second kappa shape index (κ2) is 7.59. The van der Waals surface area contributed by atoms with E-state index in [1.807, 2.05) is 36.0 Å². The summed E-state index contributed by atoms with van der Waals surface area (Å²) in [5.74, 6) is 0.397. The Labute approximate surface area is 127 Å². The number of benzene rings is 1. The van der Waals surface area contributed by atoms with Crippen molar-refractivity contribution < 1.29 is 9.90 Å². The molecule has 1 heterocycles. The largest absolute Gasteiger partial charge is 0.481 e. The molecule has 0 saturated heterocycles. The quantitative estimate of drug-likeness (QED) is 0.598. The maximum atomic E-state index is 10.7. The highest BCUT2D eigenvalue weighted by atomic mass is 32.2. The number of aliphatic carboxylic acids is 1. The number of para-hydroxylation sites is 2. The Kier molecular flexibility index (Phi) is 5.79. The SMILES string of the molecule is CSCCCCn1c(SCC(=O)O)nc2ccccc21. The van der Waals surface area contributed by atoms with Crippen molar-refractivity contribution in [2.75, 3.05) is 17.8 Å². The maximum absolute atomic E-state index is 10.7. The zero-order chi connectivity index (χ0) is 14.4. The Hall–Kier alpha value is -1.14. The minimum atomic E-state index is -0.809. The van der Waals surface area contributed by atoms with Gasteiger partial charge in [-0.25, -0.2) is 4.98 Å². The Morgan fingerprint density at radius 1 is 1.35 bits per heavy atom. The van der Waals surface area contributed by atoms with Crippen molar-refractivity contribution in [1.29, 1.82) is 0 Å². The first kappa shape index (κ1) is 15.3. The number of rotatable bonds is 8. The van der Waals surface area contributed by atoms with Crippen LogP contribution in [0, 0.1) is 0 Å². The molecule has 1 N–H and O–H groups in total. The average molecular weight is 310 g/mol. The van der Waals surface area contributed by atoms with Crippen LogP contribution in [-0.2, 0) is 11.3 Å². The molecule has 0 aliphatic carbocycles. The molecule has 0 aliphatic rings. The lowest BCUT2D eigenvalue weighted by Crippen LogP contribution is -2.04. The van der Waals surface area contributed by atoms with Gasteiger partial charge in [0, 0.05) is 6.54 Å². The van der Waals surface area contributed by atoms with Crippen molar-refractivity contribution in [1.82, 2.24) is 9.55 Å². The molecule has 0 aliphatic heterocycles. The van der Waals surface area contributed by atoms with Gasteiger partial charge < -0.3 is 9.67 Å². The summed E-state index contributed by atoms with van der Waals surface area (Å²) in [6, 6.07) is 7.97. The number of carbonyl (C=O) groups is 1. The van der Waals surface area contributed by atoms with Crippen molar-refractivity contribution in [3.63, 3.8) is 0 Å². The molecular weight excluding hydrogens is 292 g/mol. The lowest BCUT2D eigenvalue weighted by molar-refractivity contribution is -0.133. The highest BCUT2D eigenvalue weighted by Crippen LogP contribution is 2.24. The van der Waals surface area contributed by atoms with Gasteiger partial charge in [-0.05, 0) is 37.0 Å². The summed E-state index contributed by atoms with van der Waals surface area (Å²) in [7, 11) is 0. The van der Waals surface area contributed by atoms with Gasteiger partial charge >= 0.3 is 5.97 Å². The van der Waals surface area contributed by atoms with Crippen LogP contribution in [0.25, 0.3) is 11.0 Å². The molecule has 0 atom stereocenters. The second-order valence-electron chi connectivity index (χ2n) is 4.42. The minimum Gasteiger partial charge on any atom is -0.481 e. The number of thioether (sulfide) groups is 2. The predicted octanol–water partition coefficient (Wildman–Crippen LogP) is 3.36. The third-order valence-corrected chi connectivity index (χ3v) is 4.58. The fraction of sp³-hybridized carbons (Fsp3) is 0.429. The van der Waals surface area contributed by atoms with Gasteiger partial charge in [0.2, 0.25) is 0 Å². The van der Waals surface area contributed by atoms with E-state index in [2.05, 4.69) is 15.8 Å². The van der Waals surface area contributed by atoms with Crippen LogP contribution >= 0.6 is 23.5 Å². The van der Waals surface area contributed by atoms with Gasteiger partial charge in [0.1, 0.15) is 0 Å². The standard InChI is InChI=1S/C14H18N2O2S2/c1-19-9-5-4-8-16-12-7-3-2-6-11(12)15-14(16)20-10-13(17)18/h2-3,6-7H,4-5,8-10H2,1H3,(H,17,18). The molecule has 0 saturated carbocycles. The molecule has 0 bridgehead atoms. The summed E-state index contributed by atoms with van der Waals surface area (Å²) in [6.45, 7) is 0.892. The van der Waals surface area contributed by atoms with Crippen LogP contribution in [0.15, 0.2) is 29.4 Å². The maximum Gasteiger partial charge on any atom is 0.313 e. The van der Waals surface area contributed by atoms with Gasteiger partial charge in [-0.3, -0.25) is 4.79 Å². The summed E-state index contributed by atoms with van der Waals surface area (Å²) in [5.41, 5.74) is 2.02. The van der Waals surface area contributed by atoms with Crippen LogP contribution < -0.4 is 0 Å². The number of nitrogens with zero attached hydrogens (tertiary/aromatic N) is 2. The molecule has 0 spiro atoms. The van der Waals surface area contributed by atoms with Gasteiger partial charge in [0.05, 0.1) is 16.8 Å². The monoisotopic (exact) mass is 310 g/mol. The van der Waals surface area contributed by atoms with Crippen molar-refractivity contribution in [3.8, 4) is 0 Å². The smallest absolute Gasteiger partial charge is 0.313 e. The van der Waals surface area contributed by atoms with E-state index in [9.17, 15) is 4.79 Å². The molecular formula is C14H18N2O2S2. The molecule has 0 unspecified atom stereocenters. The van der Waals surface area contributed by atoms with E-state index >= 15 is 0 Å². The van der Waals surface area contributed by atoms with E-state index in [-0.39, 0.29) is 5.75 Å². The number of unbranched alkanes of at least 4 members (excludes halogenated alkanes) is 1. The van der Waals surface area contributed by atoms with Gasteiger partial charge in [-0.2, -0.15) is 11.8 Å². The topological polar surface area (TPSA) is 55.1 Å². The van der Waals surface area contributed by atoms with Gasteiger partial charge in [-0.15, -0.1) is 0 Å². The Morgan fingerprint density at radius 2 is 2.15 bits per heavy atom. The van der Waals surface area contributed by atoms with Crippen LogP contribution in [0.2, 0.25) is 0 Å². The van der Waals surface area contributed by atoms with Gasteiger partial charge in [-0.1, -0.05) is 23.9 Å². The molecule has 1 aromatic heterocycles. The molecule has 0 radical (unpaired) electrons. The van der Waals surface area contributed by atoms with E-state index in [4.69, 9.17) is 5.11 Å². The number of hydrogen-bond acceptors (Lipinski definition) is 4. The number of aryl methyl sites for hydroxylation is 1. The van der Waals surface area contributed by atoms with Gasteiger partial charge in [0.25, 0.3) is 0 Å². The van der Waals surface area contributed by atoms with Crippen LogP contribution in [0.5, 0.6) is 0 Å². The molecule has 0 fully saturated rings. The number of hydrogen-bond donors (Lipinski definition) is 1. The lowest BCUT2D eigenvalue weighted by Gasteiger charge is -2.07. The Morgan fingerprint density at radius 3 is 2.90 bits per heavy atom. The molecule has 20 heavy (non-hydrogen) atoms. The second-order valence-corrected chi connectivity index (χ2v) is 6.35. The molecule has 4 nitrogen and oxygen atoms in total. The summed E-state index contributed by atoms with van der Waals surface area (Å²) in [6.07, 6.45) is 4.36. The third-order valence-electron chi connectivity index (χ3n) is 2.92. The lowest BCUT2D eigenvalue weighted by atomic mass is 10.3. The fourth-order valence-corrected chi connectivity index (χ4v) is 3.28. The fourth-order valence-electron chi connectivity index (χ4n) is 2.02. The van der Waals surface area contributed by atoms with Crippen molar-refractivity contribution in [2.24, 2.45) is 0 Å². The minimum absolute atomic E-state index is 0.0497. The van der Waals surface area contributed by atoms with E-state index in [1.165, 1.54) is 11.8 Å². The van der Waals surface area contributed by atoms with E-state index in [1.54, 1.807) is 0 Å². The summed E-state index contributed by atoms with van der Waals surface area (Å²) >= 11 is 3.14. The highest BCUT2D eigenvalue weighted by molar-refractivity contribution is 7.99. The average Bonchev–Trinajstić information content (AvgIpc) is 2.79. The predicted molar refractivity (Wildman–Crippen MR) is 85.7 cm³/mol. The first-order valence-electron chi connectivity index (χ1n) is 6.51. The summed E-state index contributed by atoms with van der Waals surface area (Å²) in [5, 5.41) is 9.63. The first-order chi connectivity index (χ1) is 9.72. The molecule has 0 amide bonds. The number of carboxylic acids is 1.